The summed E-state index contributed by atoms with van der Waals surface area (Å²) in [5, 5.41) is 14.0. The fourth-order valence-corrected chi connectivity index (χ4v) is 3.97. The van der Waals surface area contributed by atoms with Gasteiger partial charge in [-0.05, 0) is 56.3 Å². The Hall–Kier alpha value is -3.19. The van der Waals surface area contributed by atoms with Crippen LogP contribution in [-0.2, 0) is 0 Å². The van der Waals surface area contributed by atoms with Crippen molar-refractivity contribution in [1.29, 1.82) is 0 Å². The Labute approximate surface area is 173 Å². The Morgan fingerprint density at radius 3 is 2.45 bits per heavy atom. The minimum absolute atomic E-state index is 0.191. The molecule has 4 aromatic rings. The molecule has 0 bridgehead atoms. The average molecular weight is 406 g/mol. The molecule has 1 atom stereocenters. The van der Waals surface area contributed by atoms with Crippen LogP contribution in [0.5, 0.6) is 0 Å². The molecule has 7 nitrogen and oxygen atoms in total. The Morgan fingerprint density at radius 1 is 0.966 bits per heavy atom. The molecule has 0 amide bonds. The number of hydrogen-bond acceptors (Lipinski definition) is 5. The van der Waals surface area contributed by atoms with Gasteiger partial charge in [-0.3, -0.25) is 4.57 Å². The van der Waals surface area contributed by atoms with Crippen molar-refractivity contribution in [3.8, 4) is 11.4 Å². The van der Waals surface area contributed by atoms with E-state index in [2.05, 4.69) is 48.8 Å². The third-order valence-corrected chi connectivity index (χ3v) is 5.50. The van der Waals surface area contributed by atoms with E-state index in [4.69, 9.17) is 11.6 Å². The van der Waals surface area contributed by atoms with Crippen molar-refractivity contribution in [1.82, 2.24) is 29.5 Å². The summed E-state index contributed by atoms with van der Waals surface area (Å²) in [6.45, 7) is 6.82. The molecule has 8 heteroatoms. The first kappa shape index (κ1) is 17.9. The smallest absolute Gasteiger partial charge is 0.147 e. The van der Waals surface area contributed by atoms with Crippen molar-refractivity contribution in [2.75, 3.05) is 11.4 Å². The minimum Gasteiger partial charge on any atom is -0.339 e. The molecule has 29 heavy (non-hydrogen) atoms. The summed E-state index contributed by atoms with van der Waals surface area (Å²) < 4.78 is 3.94. The van der Waals surface area contributed by atoms with Gasteiger partial charge < -0.3 is 4.90 Å². The highest BCUT2D eigenvalue weighted by molar-refractivity contribution is 6.30. The molecule has 0 aliphatic carbocycles. The molecule has 0 spiro atoms. The van der Waals surface area contributed by atoms with Crippen LogP contribution in [0.25, 0.3) is 11.4 Å². The predicted molar refractivity (Wildman–Crippen MR) is 113 cm³/mol. The molecule has 146 valence electrons. The van der Waals surface area contributed by atoms with E-state index in [-0.39, 0.29) is 5.92 Å². The van der Waals surface area contributed by atoms with Crippen LogP contribution in [0.4, 0.5) is 11.4 Å². The molecule has 0 saturated heterocycles. The number of hydrogen-bond donors (Lipinski definition) is 0. The number of benzene rings is 2. The van der Waals surface area contributed by atoms with Crippen LogP contribution in [0, 0.1) is 13.8 Å². The molecule has 2 aromatic carbocycles. The zero-order valence-electron chi connectivity index (χ0n) is 16.4. The minimum atomic E-state index is 0.191. The number of halogens is 1. The van der Waals surface area contributed by atoms with E-state index in [1.54, 1.807) is 11.0 Å². The Morgan fingerprint density at radius 2 is 1.72 bits per heavy atom. The van der Waals surface area contributed by atoms with E-state index in [0.29, 0.717) is 0 Å². The van der Waals surface area contributed by atoms with Gasteiger partial charge in [0, 0.05) is 23.2 Å². The van der Waals surface area contributed by atoms with Crippen LogP contribution >= 0.6 is 11.6 Å². The van der Waals surface area contributed by atoms with Crippen LogP contribution < -0.4 is 4.90 Å². The first-order valence-corrected chi connectivity index (χ1v) is 9.87. The maximum Gasteiger partial charge on any atom is 0.147 e. The number of anilines is 2. The lowest BCUT2D eigenvalue weighted by atomic mass is 10.1. The second kappa shape index (κ2) is 6.70. The lowest BCUT2D eigenvalue weighted by molar-refractivity contribution is 0.696. The molecule has 5 rings (SSSR count). The second-order valence-electron chi connectivity index (χ2n) is 7.34. The first-order chi connectivity index (χ1) is 14.0. The molecule has 3 heterocycles. The summed E-state index contributed by atoms with van der Waals surface area (Å²) in [6.07, 6.45) is 1.73. The van der Waals surface area contributed by atoms with Crippen molar-refractivity contribution in [3.05, 3.63) is 71.3 Å². The molecule has 0 fully saturated rings. The van der Waals surface area contributed by atoms with Crippen molar-refractivity contribution in [3.63, 3.8) is 0 Å². The van der Waals surface area contributed by atoms with Gasteiger partial charge in [0.15, 0.2) is 0 Å². The fraction of sp³-hybridized carbons (Fsp3) is 0.238. The van der Waals surface area contributed by atoms with Gasteiger partial charge in [-0.2, -0.15) is 5.10 Å². The predicted octanol–water partition coefficient (Wildman–Crippen LogP) is 4.37. The fourth-order valence-electron chi connectivity index (χ4n) is 3.84. The molecule has 1 aliphatic heterocycles. The van der Waals surface area contributed by atoms with Crippen LogP contribution in [-0.4, -0.2) is 36.1 Å². The van der Waals surface area contributed by atoms with Gasteiger partial charge in [0.2, 0.25) is 0 Å². The summed E-state index contributed by atoms with van der Waals surface area (Å²) >= 11 is 6.14. The Kier molecular flexibility index (Phi) is 4.13. The molecule has 0 N–H and O–H groups in total. The highest BCUT2D eigenvalue weighted by Crippen LogP contribution is 2.39. The summed E-state index contributed by atoms with van der Waals surface area (Å²) in [7, 11) is 0. The SMILES string of the molecule is Cc1ncn(-c2ccc3c(c2)N(c2ccc(Cl)cc2)CC(C)c2nnc(C)n2-3)n1. The standard InChI is InChI=1S/C21H20ClN7/c1-13-11-27(17-6-4-16(22)5-7-17)20-10-18(28-12-23-14(2)26-28)8-9-19(20)29-15(3)24-25-21(13)29/h4-10,12-13H,11H2,1-3H3. The van der Waals surface area contributed by atoms with Gasteiger partial charge in [-0.1, -0.05) is 18.5 Å². The van der Waals surface area contributed by atoms with E-state index < -0.39 is 0 Å². The number of rotatable bonds is 2. The first-order valence-electron chi connectivity index (χ1n) is 9.49. The highest BCUT2D eigenvalue weighted by atomic mass is 35.5. The van der Waals surface area contributed by atoms with Gasteiger partial charge in [-0.15, -0.1) is 10.2 Å². The van der Waals surface area contributed by atoms with Crippen LogP contribution in [0.2, 0.25) is 5.02 Å². The monoisotopic (exact) mass is 405 g/mol. The van der Waals surface area contributed by atoms with E-state index in [0.717, 1.165) is 51.8 Å². The summed E-state index contributed by atoms with van der Waals surface area (Å²) in [4.78, 5) is 6.57. The Bertz CT molecular complexity index is 1190. The highest BCUT2D eigenvalue weighted by Gasteiger charge is 2.28. The number of nitrogens with zero attached hydrogens (tertiary/aromatic N) is 7. The van der Waals surface area contributed by atoms with Crippen molar-refractivity contribution >= 4 is 23.0 Å². The van der Waals surface area contributed by atoms with Crippen molar-refractivity contribution < 1.29 is 0 Å². The van der Waals surface area contributed by atoms with E-state index in [1.807, 2.05) is 44.2 Å². The third kappa shape index (κ3) is 2.98. The van der Waals surface area contributed by atoms with Crippen molar-refractivity contribution in [2.24, 2.45) is 0 Å². The quantitative estimate of drug-likeness (QED) is 0.495. The van der Waals surface area contributed by atoms with Gasteiger partial charge in [0.05, 0.1) is 17.1 Å². The van der Waals surface area contributed by atoms with E-state index in [1.165, 1.54) is 0 Å². The second-order valence-corrected chi connectivity index (χ2v) is 7.77. The molecule has 0 radical (unpaired) electrons. The average Bonchev–Trinajstić information content (AvgIpc) is 3.29. The van der Waals surface area contributed by atoms with Gasteiger partial charge in [-0.25, -0.2) is 9.67 Å². The lowest BCUT2D eigenvalue weighted by Gasteiger charge is -2.27. The lowest BCUT2D eigenvalue weighted by Crippen LogP contribution is -2.22. The largest absolute Gasteiger partial charge is 0.339 e. The Balaban J connectivity index is 1.74. The van der Waals surface area contributed by atoms with Crippen molar-refractivity contribution in [2.45, 2.75) is 26.7 Å². The van der Waals surface area contributed by atoms with Crippen LogP contribution in [0.1, 0.15) is 30.3 Å². The molecule has 1 unspecified atom stereocenters. The van der Waals surface area contributed by atoms with E-state index >= 15 is 0 Å². The van der Waals surface area contributed by atoms with Crippen LogP contribution in [0.3, 0.4) is 0 Å². The zero-order valence-corrected chi connectivity index (χ0v) is 17.2. The van der Waals surface area contributed by atoms with Gasteiger partial charge in [0.1, 0.15) is 23.8 Å². The third-order valence-electron chi connectivity index (χ3n) is 5.25. The topological polar surface area (TPSA) is 64.7 Å². The van der Waals surface area contributed by atoms with E-state index in [9.17, 15) is 0 Å². The molecule has 2 aromatic heterocycles. The maximum atomic E-state index is 6.14. The van der Waals surface area contributed by atoms with Gasteiger partial charge in [0.25, 0.3) is 0 Å². The number of aryl methyl sites for hydroxylation is 2. The van der Waals surface area contributed by atoms with Gasteiger partial charge >= 0.3 is 0 Å². The van der Waals surface area contributed by atoms with Crippen LogP contribution in [0.15, 0.2) is 48.8 Å². The molecular weight excluding hydrogens is 386 g/mol. The maximum absolute atomic E-state index is 6.14. The molecule has 1 aliphatic rings. The summed E-state index contributed by atoms with van der Waals surface area (Å²) in [5.74, 6) is 2.76. The number of fused-ring (bicyclic) bond motifs is 3. The molecule has 0 saturated carbocycles. The zero-order chi connectivity index (χ0) is 20.1. The number of aromatic nitrogens is 6. The summed E-state index contributed by atoms with van der Waals surface area (Å²) in [6, 6.07) is 14.2. The summed E-state index contributed by atoms with van der Waals surface area (Å²) in [5.41, 5.74) is 4.13. The molecular formula is C21H20ClN7. The normalized spacial score (nSPS) is 15.7.